The van der Waals surface area contributed by atoms with Gasteiger partial charge in [0.1, 0.15) is 5.75 Å². The van der Waals surface area contributed by atoms with Crippen LogP contribution in [0.5, 0.6) is 5.75 Å². The number of benzene rings is 1. The van der Waals surface area contributed by atoms with Crippen molar-refractivity contribution in [2.75, 3.05) is 19.6 Å². The van der Waals surface area contributed by atoms with E-state index in [1.807, 2.05) is 0 Å². The Labute approximate surface area is 122 Å². The van der Waals surface area contributed by atoms with Crippen LogP contribution in [0.4, 0.5) is 13.2 Å². The van der Waals surface area contributed by atoms with E-state index in [4.69, 9.17) is 0 Å². The van der Waals surface area contributed by atoms with Crippen molar-refractivity contribution in [3.05, 3.63) is 29.8 Å². The molecule has 1 aromatic rings. The summed E-state index contributed by atoms with van der Waals surface area (Å²) in [5, 5.41) is 3.30. The molecular formula is C13H18ClF3N2O. The summed E-state index contributed by atoms with van der Waals surface area (Å²) in [5.74, 6) is -0.176. The Balaban J connectivity index is 0.00000200. The Morgan fingerprint density at radius 1 is 1.30 bits per heavy atom. The first-order chi connectivity index (χ1) is 8.94. The standard InChI is InChI=1S/C13H17F3N2O.ClH/c1-10-8-17-6-7-18(10)9-11-2-4-12(5-3-11)19-13(14,15)16;/h2-5,10,17H,6-9H2,1H3;1H. The molecule has 0 amide bonds. The minimum Gasteiger partial charge on any atom is -0.406 e. The summed E-state index contributed by atoms with van der Waals surface area (Å²) in [7, 11) is 0. The lowest BCUT2D eigenvalue weighted by atomic mass is 10.1. The molecule has 1 aliphatic heterocycles. The predicted octanol–water partition coefficient (Wildman–Crippen LogP) is 2.80. The third kappa shape index (κ3) is 5.19. The molecule has 0 aliphatic carbocycles. The summed E-state index contributed by atoms with van der Waals surface area (Å²) in [6.07, 6.45) is -4.63. The number of hydrogen-bond donors (Lipinski definition) is 1. The second-order valence-electron chi connectivity index (χ2n) is 4.72. The number of hydrogen-bond acceptors (Lipinski definition) is 3. The van der Waals surface area contributed by atoms with Gasteiger partial charge in [0.2, 0.25) is 0 Å². The van der Waals surface area contributed by atoms with Crippen molar-refractivity contribution < 1.29 is 17.9 Å². The number of alkyl halides is 3. The van der Waals surface area contributed by atoms with E-state index < -0.39 is 6.36 Å². The van der Waals surface area contributed by atoms with Gasteiger partial charge in [0.15, 0.2) is 0 Å². The molecule has 1 unspecified atom stereocenters. The molecule has 1 fully saturated rings. The van der Waals surface area contributed by atoms with E-state index in [-0.39, 0.29) is 18.2 Å². The maximum absolute atomic E-state index is 12.0. The molecule has 1 aliphatic rings. The van der Waals surface area contributed by atoms with E-state index in [0.717, 1.165) is 31.7 Å². The van der Waals surface area contributed by atoms with E-state index in [1.165, 1.54) is 12.1 Å². The molecule has 20 heavy (non-hydrogen) atoms. The van der Waals surface area contributed by atoms with Crippen LogP contribution >= 0.6 is 12.4 Å². The quantitative estimate of drug-likeness (QED) is 0.929. The van der Waals surface area contributed by atoms with Crippen molar-refractivity contribution in [2.45, 2.75) is 25.9 Å². The molecule has 1 N–H and O–H groups in total. The molecule has 0 spiro atoms. The highest BCUT2D eigenvalue weighted by Gasteiger charge is 2.31. The number of nitrogens with one attached hydrogen (secondary N) is 1. The topological polar surface area (TPSA) is 24.5 Å². The fourth-order valence-electron chi connectivity index (χ4n) is 2.15. The molecule has 0 bridgehead atoms. The van der Waals surface area contributed by atoms with Gasteiger partial charge < -0.3 is 10.1 Å². The van der Waals surface area contributed by atoms with E-state index in [9.17, 15) is 13.2 Å². The van der Waals surface area contributed by atoms with Gasteiger partial charge in [0, 0.05) is 32.2 Å². The summed E-state index contributed by atoms with van der Waals surface area (Å²) >= 11 is 0. The summed E-state index contributed by atoms with van der Waals surface area (Å²) < 4.78 is 39.9. The molecule has 3 nitrogen and oxygen atoms in total. The number of rotatable bonds is 3. The Morgan fingerprint density at radius 2 is 1.95 bits per heavy atom. The summed E-state index contributed by atoms with van der Waals surface area (Å²) in [5.41, 5.74) is 0.989. The lowest BCUT2D eigenvalue weighted by Crippen LogP contribution is -2.49. The Morgan fingerprint density at radius 3 is 2.50 bits per heavy atom. The van der Waals surface area contributed by atoms with Gasteiger partial charge in [-0.25, -0.2) is 0 Å². The average Bonchev–Trinajstić information content (AvgIpc) is 2.33. The van der Waals surface area contributed by atoms with Gasteiger partial charge in [0.05, 0.1) is 0 Å². The Hall–Kier alpha value is -0.980. The first-order valence-corrected chi connectivity index (χ1v) is 6.23. The zero-order valence-electron chi connectivity index (χ0n) is 11.1. The van der Waals surface area contributed by atoms with Crippen molar-refractivity contribution in [3.8, 4) is 5.75 Å². The first kappa shape index (κ1) is 17.1. The van der Waals surface area contributed by atoms with Gasteiger partial charge in [-0.05, 0) is 24.6 Å². The Bertz CT molecular complexity index is 411. The van der Waals surface area contributed by atoms with Gasteiger partial charge in [-0.15, -0.1) is 25.6 Å². The highest BCUT2D eigenvalue weighted by molar-refractivity contribution is 5.85. The lowest BCUT2D eigenvalue weighted by Gasteiger charge is -2.33. The molecule has 1 aromatic carbocycles. The molecule has 7 heteroatoms. The van der Waals surface area contributed by atoms with Crippen LogP contribution in [-0.2, 0) is 6.54 Å². The molecule has 0 saturated carbocycles. The van der Waals surface area contributed by atoms with Gasteiger partial charge in [-0.1, -0.05) is 12.1 Å². The summed E-state index contributed by atoms with van der Waals surface area (Å²) in [6.45, 7) is 5.71. The zero-order valence-corrected chi connectivity index (χ0v) is 11.9. The summed E-state index contributed by atoms with van der Waals surface area (Å²) in [4.78, 5) is 2.30. The first-order valence-electron chi connectivity index (χ1n) is 6.23. The van der Waals surface area contributed by atoms with Gasteiger partial charge >= 0.3 is 6.36 Å². The Kier molecular flexibility index (Phi) is 6.10. The van der Waals surface area contributed by atoms with Gasteiger partial charge in [-0.3, -0.25) is 4.90 Å². The maximum Gasteiger partial charge on any atom is 0.573 e. The van der Waals surface area contributed by atoms with Crippen molar-refractivity contribution >= 4 is 12.4 Å². The molecular weight excluding hydrogens is 293 g/mol. The van der Waals surface area contributed by atoms with Crippen LogP contribution in [0.2, 0.25) is 0 Å². The van der Waals surface area contributed by atoms with E-state index >= 15 is 0 Å². The predicted molar refractivity (Wildman–Crippen MR) is 73.1 cm³/mol. The second-order valence-corrected chi connectivity index (χ2v) is 4.72. The molecule has 0 aromatic heterocycles. The lowest BCUT2D eigenvalue weighted by molar-refractivity contribution is -0.274. The maximum atomic E-state index is 12.0. The van der Waals surface area contributed by atoms with E-state index in [1.54, 1.807) is 12.1 Å². The van der Waals surface area contributed by atoms with Crippen LogP contribution < -0.4 is 10.1 Å². The van der Waals surface area contributed by atoms with Crippen molar-refractivity contribution in [1.82, 2.24) is 10.2 Å². The molecule has 1 saturated heterocycles. The largest absolute Gasteiger partial charge is 0.573 e. The molecule has 0 radical (unpaired) electrons. The van der Waals surface area contributed by atoms with Crippen LogP contribution in [0.1, 0.15) is 12.5 Å². The highest BCUT2D eigenvalue weighted by atomic mass is 35.5. The molecule has 114 valence electrons. The van der Waals surface area contributed by atoms with Crippen LogP contribution in [0.3, 0.4) is 0 Å². The number of halogens is 4. The minimum atomic E-state index is -4.63. The number of nitrogens with zero attached hydrogens (tertiary/aromatic N) is 1. The van der Waals surface area contributed by atoms with Crippen LogP contribution in [0.15, 0.2) is 24.3 Å². The van der Waals surface area contributed by atoms with E-state index in [2.05, 4.69) is 21.9 Å². The van der Waals surface area contributed by atoms with Crippen molar-refractivity contribution in [3.63, 3.8) is 0 Å². The minimum absolute atomic E-state index is 0. The highest BCUT2D eigenvalue weighted by Crippen LogP contribution is 2.23. The third-order valence-corrected chi connectivity index (χ3v) is 3.18. The number of piperazine rings is 1. The van der Waals surface area contributed by atoms with Crippen molar-refractivity contribution in [2.24, 2.45) is 0 Å². The van der Waals surface area contributed by atoms with Crippen molar-refractivity contribution in [1.29, 1.82) is 0 Å². The average molecular weight is 311 g/mol. The van der Waals surface area contributed by atoms with Crippen LogP contribution in [0, 0.1) is 0 Å². The van der Waals surface area contributed by atoms with Crippen LogP contribution in [-0.4, -0.2) is 36.9 Å². The molecule has 2 rings (SSSR count). The van der Waals surface area contributed by atoms with Crippen LogP contribution in [0.25, 0.3) is 0 Å². The van der Waals surface area contributed by atoms with Gasteiger partial charge in [0.25, 0.3) is 0 Å². The molecule has 1 heterocycles. The monoisotopic (exact) mass is 310 g/mol. The molecule has 1 atom stereocenters. The zero-order chi connectivity index (χ0) is 13.9. The normalized spacial score (nSPS) is 20.3. The third-order valence-electron chi connectivity index (χ3n) is 3.18. The summed E-state index contributed by atoms with van der Waals surface area (Å²) in [6, 6.07) is 6.50. The second kappa shape index (κ2) is 7.15. The fourth-order valence-corrected chi connectivity index (χ4v) is 2.15. The fraction of sp³-hybridized carbons (Fsp3) is 0.538. The smallest absolute Gasteiger partial charge is 0.406 e. The van der Waals surface area contributed by atoms with E-state index in [0.29, 0.717) is 6.04 Å². The SMILES string of the molecule is CC1CNCCN1Cc1ccc(OC(F)(F)F)cc1.Cl. The number of ether oxygens (including phenoxy) is 1. The van der Waals surface area contributed by atoms with Gasteiger partial charge in [-0.2, -0.15) is 0 Å².